The summed E-state index contributed by atoms with van der Waals surface area (Å²) in [6.45, 7) is 3.11. The van der Waals surface area contributed by atoms with E-state index in [1.54, 1.807) is 62.4 Å². The number of aliphatic carboxylic acids is 1. The molecule has 0 saturated carbocycles. The van der Waals surface area contributed by atoms with Crippen LogP contribution in [0.15, 0.2) is 52.9 Å². The normalized spacial score (nSPS) is 21.7. The molecule has 4 unspecified atom stereocenters. The molecule has 1 N–H and O–H groups in total. The van der Waals surface area contributed by atoms with Crippen LogP contribution in [-0.2, 0) is 14.3 Å². The van der Waals surface area contributed by atoms with Gasteiger partial charge < -0.3 is 33.4 Å². The van der Waals surface area contributed by atoms with Gasteiger partial charge in [-0.3, -0.25) is 9.59 Å². The number of hydrogen-bond donors (Lipinski definition) is 1. The Morgan fingerprint density at radius 1 is 0.974 bits per heavy atom. The number of carbonyl (C=O) groups excluding carboxylic acids is 2. The van der Waals surface area contributed by atoms with E-state index < -0.39 is 35.8 Å². The van der Waals surface area contributed by atoms with Gasteiger partial charge >= 0.3 is 5.97 Å². The SMILES string of the molecule is COCC(=O)N1C(C(=O)O)C(c2ccc(OC)cc2)C(C(=O)c2cc(C)oc2C)C1c1ccc2c(c1)OCO2. The van der Waals surface area contributed by atoms with Gasteiger partial charge in [-0.25, -0.2) is 4.79 Å². The average molecular weight is 536 g/mol. The summed E-state index contributed by atoms with van der Waals surface area (Å²) in [4.78, 5) is 42.2. The fourth-order valence-corrected chi connectivity index (χ4v) is 5.73. The van der Waals surface area contributed by atoms with E-state index in [4.69, 9.17) is 23.4 Å². The number of amides is 1. The molecule has 1 aromatic heterocycles. The van der Waals surface area contributed by atoms with Gasteiger partial charge in [0.05, 0.1) is 24.6 Å². The van der Waals surface area contributed by atoms with Gasteiger partial charge in [-0.15, -0.1) is 0 Å². The summed E-state index contributed by atoms with van der Waals surface area (Å²) in [6, 6.07) is 11.3. The second kappa shape index (κ2) is 10.5. The Kier molecular flexibility index (Phi) is 7.05. The molecule has 0 bridgehead atoms. The number of likely N-dealkylation sites (tertiary alicyclic amines) is 1. The van der Waals surface area contributed by atoms with Crippen LogP contribution < -0.4 is 14.2 Å². The van der Waals surface area contributed by atoms with Crippen molar-refractivity contribution in [3.8, 4) is 17.2 Å². The summed E-state index contributed by atoms with van der Waals surface area (Å²) in [5.74, 6) is -1.46. The second-order valence-electron chi connectivity index (χ2n) is 9.59. The number of ether oxygens (including phenoxy) is 4. The Labute approximate surface area is 225 Å². The maximum absolute atomic E-state index is 14.4. The first kappa shape index (κ1) is 26.3. The van der Waals surface area contributed by atoms with Crippen LogP contribution in [0.5, 0.6) is 17.2 Å². The zero-order chi connectivity index (χ0) is 27.8. The lowest BCUT2D eigenvalue weighted by molar-refractivity contribution is -0.151. The number of nitrogens with zero attached hydrogens (tertiary/aromatic N) is 1. The van der Waals surface area contributed by atoms with Crippen LogP contribution in [-0.4, -0.2) is 61.3 Å². The van der Waals surface area contributed by atoms with Crippen molar-refractivity contribution < 1.29 is 42.9 Å². The fraction of sp³-hybridized carbons (Fsp3) is 0.345. The van der Waals surface area contributed by atoms with Gasteiger partial charge in [0, 0.05) is 13.0 Å². The van der Waals surface area contributed by atoms with Crippen molar-refractivity contribution in [3.05, 3.63) is 76.7 Å². The molecule has 1 saturated heterocycles. The number of carboxylic acid groups (broad SMARTS) is 1. The van der Waals surface area contributed by atoms with Crippen molar-refractivity contribution in [3.63, 3.8) is 0 Å². The molecule has 5 rings (SSSR count). The number of methoxy groups -OCH3 is 2. The molecule has 3 aromatic rings. The minimum atomic E-state index is -1.36. The third kappa shape index (κ3) is 4.61. The molecule has 2 aliphatic rings. The Morgan fingerprint density at radius 2 is 1.67 bits per heavy atom. The molecule has 0 radical (unpaired) electrons. The molecule has 10 nitrogen and oxygen atoms in total. The predicted octanol–water partition coefficient (Wildman–Crippen LogP) is 3.90. The molecular formula is C29H29NO9. The molecule has 2 aromatic carbocycles. The van der Waals surface area contributed by atoms with Crippen LogP contribution in [0.25, 0.3) is 0 Å². The molecule has 1 amide bonds. The van der Waals surface area contributed by atoms with E-state index in [0.29, 0.717) is 45.5 Å². The van der Waals surface area contributed by atoms with Crippen molar-refractivity contribution in [1.82, 2.24) is 4.90 Å². The summed E-state index contributed by atoms with van der Waals surface area (Å²) in [5, 5.41) is 10.5. The van der Waals surface area contributed by atoms with Gasteiger partial charge in [0.2, 0.25) is 12.7 Å². The number of furan rings is 1. The van der Waals surface area contributed by atoms with Gasteiger partial charge in [0.15, 0.2) is 17.3 Å². The van der Waals surface area contributed by atoms with Crippen LogP contribution in [0.4, 0.5) is 0 Å². The summed E-state index contributed by atoms with van der Waals surface area (Å²) in [5.41, 5.74) is 1.46. The Morgan fingerprint density at radius 3 is 2.28 bits per heavy atom. The van der Waals surface area contributed by atoms with Gasteiger partial charge in [-0.2, -0.15) is 0 Å². The lowest BCUT2D eigenvalue weighted by Gasteiger charge is -2.30. The number of aryl methyl sites for hydroxylation is 2. The van der Waals surface area contributed by atoms with Crippen molar-refractivity contribution in [2.45, 2.75) is 31.8 Å². The maximum Gasteiger partial charge on any atom is 0.327 e. The number of benzene rings is 2. The molecule has 4 atom stereocenters. The van der Waals surface area contributed by atoms with E-state index in [0.717, 1.165) is 0 Å². The van der Waals surface area contributed by atoms with Gasteiger partial charge in [0.1, 0.15) is 29.9 Å². The van der Waals surface area contributed by atoms with E-state index in [2.05, 4.69) is 0 Å². The van der Waals surface area contributed by atoms with Crippen molar-refractivity contribution in [2.24, 2.45) is 5.92 Å². The summed E-state index contributed by atoms with van der Waals surface area (Å²) in [7, 11) is 2.89. The quantitative estimate of drug-likeness (QED) is 0.428. The van der Waals surface area contributed by atoms with Crippen molar-refractivity contribution >= 4 is 17.7 Å². The van der Waals surface area contributed by atoms with Gasteiger partial charge in [-0.05, 0) is 55.3 Å². The first-order valence-electron chi connectivity index (χ1n) is 12.4. The van der Waals surface area contributed by atoms with Crippen molar-refractivity contribution in [1.29, 1.82) is 0 Å². The Hall–Kier alpha value is -4.31. The fourth-order valence-electron chi connectivity index (χ4n) is 5.73. The summed E-state index contributed by atoms with van der Waals surface area (Å²) >= 11 is 0. The van der Waals surface area contributed by atoms with Gasteiger partial charge in [0.25, 0.3) is 0 Å². The first-order valence-corrected chi connectivity index (χ1v) is 12.4. The Bertz CT molecular complexity index is 1410. The smallest absolute Gasteiger partial charge is 0.327 e. The third-order valence-electron chi connectivity index (χ3n) is 7.32. The van der Waals surface area contributed by atoms with E-state index in [1.807, 2.05) is 0 Å². The third-order valence-corrected chi connectivity index (χ3v) is 7.32. The van der Waals surface area contributed by atoms with Crippen LogP contribution >= 0.6 is 0 Å². The molecule has 204 valence electrons. The summed E-state index contributed by atoms with van der Waals surface area (Å²) < 4.78 is 27.1. The highest BCUT2D eigenvalue weighted by Crippen LogP contribution is 2.52. The van der Waals surface area contributed by atoms with E-state index in [9.17, 15) is 19.5 Å². The van der Waals surface area contributed by atoms with Crippen molar-refractivity contribution in [2.75, 3.05) is 27.6 Å². The lowest BCUT2D eigenvalue weighted by Crippen LogP contribution is -2.45. The number of Topliss-reactive ketones (excluding diaryl/α,β-unsaturated/α-hetero) is 1. The zero-order valence-electron chi connectivity index (χ0n) is 22.0. The maximum atomic E-state index is 14.4. The highest BCUT2D eigenvalue weighted by atomic mass is 16.7. The highest BCUT2D eigenvalue weighted by Gasteiger charge is 2.58. The summed E-state index contributed by atoms with van der Waals surface area (Å²) in [6.07, 6.45) is 0. The van der Waals surface area contributed by atoms with Gasteiger partial charge in [-0.1, -0.05) is 18.2 Å². The van der Waals surface area contributed by atoms with Crippen LogP contribution in [0.2, 0.25) is 0 Å². The Balaban J connectivity index is 1.75. The number of rotatable bonds is 8. The predicted molar refractivity (Wildman–Crippen MR) is 137 cm³/mol. The largest absolute Gasteiger partial charge is 0.497 e. The highest BCUT2D eigenvalue weighted by molar-refractivity contribution is 6.02. The number of fused-ring (bicyclic) bond motifs is 1. The standard InChI is InChI=1S/C29H29NO9/c1-15-11-20(16(2)39-15)28(32)25-24(17-5-8-19(36-4)9-6-17)27(29(33)34)30(23(31)13-35-3)26(25)18-7-10-21-22(12-18)38-14-37-21/h5-12,24-27H,13-14H2,1-4H3,(H,33,34). The molecule has 2 aliphatic heterocycles. The molecule has 0 spiro atoms. The van der Waals surface area contributed by atoms with Crippen LogP contribution in [0.1, 0.15) is 45.0 Å². The zero-order valence-corrected chi connectivity index (χ0v) is 22.0. The molecule has 39 heavy (non-hydrogen) atoms. The number of hydrogen-bond acceptors (Lipinski definition) is 8. The lowest BCUT2D eigenvalue weighted by atomic mass is 9.76. The first-order chi connectivity index (χ1) is 18.7. The topological polar surface area (TPSA) is 125 Å². The minimum Gasteiger partial charge on any atom is -0.497 e. The monoisotopic (exact) mass is 535 g/mol. The number of ketones is 1. The molecular weight excluding hydrogens is 506 g/mol. The van der Waals surface area contributed by atoms with E-state index in [-0.39, 0.29) is 19.2 Å². The molecule has 1 fully saturated rings. The van der Waals surface area contributed by atoms with Crippen LogP contribution in [0, 0.1) is 19.8 Å². The average Bonchev–Trinajstić information content (AvgIpc) is 3.62. The van der Waals surface area contributed by atoms with E-state index >= 15 is 0 Å². The minimum absolute atomic E-state index is 0.0395. The number of carbonyl (C=O) groups is 3. The molecule has 0 aliphatic carbocycles. The van der Waals surface area contributed by atoms with E-state index in [1.165, 1.54) is 19.1 Å². The molecule has 10 heteroatoms. The number of carboxylic acids is 1. The van der Waals surface area contributed by atoms with Crippen LogP contribution in [0.3, 0.4) is 0 Å². The molecule has 3 heterocycles. The second-order valence-corrected chi connectivity index (χ2v) is 9.59.